The Morgan fingerprint density at radius 1 is 1.33 bits per heavy atom. The van der Waals surface area contributed by atoms with Gasteiger partial charge in [0.15, 0.2) is 0 Å². The molecule has 0 aliphatic heterocycles. The van der Waals surface area contributed by atoms with Crippen molar-refractivity contribution in [3.8, 4) is 0 Å². The van der Waals surface area contributed by atoms with E-state index in [9.17, 15) is 5.11 Å². The lowest BCUT2D eigenvalue weighted by molar-refractivity contribution is 0.167. The number of aromatic nitrogens is 4. The molecule has 1 N–H and O–H groups in total. The van der Waals surface area contributed by atoms with Gasteiger partial charge in [-0.3, -0.25) is 9.36 Å². The number of nitrogens with zero attached hydrogens (tertiary/aromatic N) is 4. The molecule has 0 aliphatic rings. The molecule has 2 heterocycles. The molecule has 0 radical (unpaired) electrons. The van der Waals surface area contributed by atoms with Gasteiger partial charge in [0.1, 0.15) is 6.10 Å². The quantitative estimate of drug-likeness (QED) is 0.940. The minimum absolute atomic E-state index is 0.545. The van der Waals surface area contributed by atoms with Crippen molar-refractivity contribution in [2.45, 2.75) is 26.4 Å². The minimum Gasteiger partial charge on any atom is -0.386 e. The Kier molecular flexibility index (Phi) is 3.59. The van der Waals surface area contributed by atoms with Crippen LogP contribution in [-0.4, -0.2) is 24.7 Å². The molecule has 5 nitrogen and oxygen atoms in total. The number of hydrogen-bond acceptors (Lipinski definition) is 3. The van der Waals surface area contributed by atoms with Gasteiger partial charge in [0.2, 0.25) is 0 Å². The summed E-state index contributed by atoms with van der Waals surface area (Å²) in [4.78, 5) is 0. The van der Waals surface area contributed by atoms with Crippen LogP contribution in [0.2, 0.25) is 0 Å². The lowest BCUT2D eigenvalue weighted by Gasteiger charge is -2.12. The number of halogens is 1. The first kappa shape index (κ1) is 13.3. The Morgan fingerprint density at radius 3 is 2.44 bits per heavy atom. The maximum atomic E-state index is 10.4. The predicted octanol–water partition coefficient (Wildman–Crippen LogP) is 1.81. The first-order valence-corrected chi connectivity index (χ1v) is 6.55. The van der Waals surface area contributed by atoms with E-state index in [0.29, 0.717) is 6.42 Å². The van der Waals surface area contributed by atoms with Crippen molar-refractivity contribution in [3.05, 3.63) is 33.3 Å². The molecule has 98 valence electrons. The van der Waals surface area contributed by atoms with Gasteiger partial charge in [-0.15, -0.1) is 0 Å². The van der Waals surface area contributed by atoms with E-state index in [0.717, 1.165) is 27.1 Å². The summed E-state index contributed by atoms with van der Waals surface area (Å²) in [6, 6.07) is 0. The van der Waals surface area contributed by atoms with Crippen LogP contribution in [0.4, 0.5) is 0 Å². The highest BCUT2D eigenvalue weighted by Crippen LogP contribution is 2.27. The molecular formula is C12H17BrN4O. The smallest absolute Gasteiger partial charge is 0.101 e. The lowest BCUT2D eigenvalue weighted by Crippen LogP contribution is -2.09. The number of aliphatic hydroxyl groups is 1. The van der Waals surface area contributed by atoms with E-state index in [4.69, 9.17) is 0 Å². The molecule has 0 saturated carbocycles. The Balaban J connectivity index is 2.29. The summed E-state index contributed by atoms with van der Waals surface area (Å²) in [6.07, 6.45) is 1.65. The summed E-state index contributed by atoms with van der Waals surface area (Å²) >= 11 is 3.41. The molecule has 2 aromatic rings. The first-order valence-electron chi connectivity index (χ1n) is 5.76. The predicted molar refractivity (Wildman–Crippen MR) is 72.3 cm³/mol. The van der Waals surface area contributed by atoms with Gasteiger partial charge in [-0.25, -0.2) is 0 Å². The van der Waals surface area contributed by atoms with Gasteiger partial charge in [-0.05, 0) is 35.3 Å². The molecule has 1 unspecified atom stereocenters. The highest BCUT2D eigenvalue weighted by Gasteiger charge is 2.20. The monoisotopic (exact) mass is 312 g/mol. The van der Waals surface area contributed by atoms with Gasteiger partial charge < -0.3 is 5.11 Å². The Bertz CT molecular complexity index is 553. The second-order valence-electron chi connectivity index (χ2n) is 4.49. The van der Waals surface area contributed by atoms with Crippen LogP contribution in [0, 0.1) is 13.8 Å². The topological polar surface area (TPSA) is 55.9 Å². The van der Waals surface area contributed by atoms with Crippen LogP contribution < -0.4 is 0 Å². The number of rotatable bonds is 3. The highest BCUT2D eigenvalue weighted by molar-refractivity contribution is 9.10. The lowest BCUT2D eigenvalue weighted by atomic mass is 10.0. The van der Waals surface area contributed by atoms with E-state index in [2.05, 4.69) is 26.1 Å². The molecule has 0 aromatic carbocycles. The van der Waals surface area contributed by atoms with Gasteiger partial charge in [0, 0.05) is 26.2 Å². The summed E-state index contributed by atoms with van der Waals surface area (Å²) < 4.78 is 4.36. The van der Waals surface area contributed by atoms with Gasteiger partial charge in [-0.1, -0.05) is 0 Å². The van der Waals surface area contributed by atoms with Crippen molar-refractivity contribution in [2.75, 3.05) is 0 Å². The Hall–Kier alpha value is -1.14. The van der Waals surface area contributed by atoms with Crippen LogP contribution in [0.15, 0.2) is 10.7 Å². The number of hydrogen-bond donors (Lipinski definition) is 1. The zero-order chi connectivity index (χ0) is 13.4. The number of aryl methyl sites for hydroxylation is 3. The molecule has 2 aromatic heterocycles. The third kappa shape index (κ3) is 2.22. The van der Waals surface area contributed by atoms with Crippen LogP contribution in [0.25, 0.3) is 0 Å². The van der Waals surface area contributed by atoms with Gasteiger partial charge >= 0.3 is 0 Å². The van der Waals surface area contributed by atoms with E-state index in [1.165, 1.54) is 0 Å². The first-order chi connectivity index (χ1) is 8.41. The molecule has 0 saturated heterocycles. The van der Waals surface area contributed by atoms with Crippen molar-refractivity contribution in [2.24, 2.45) is 14.1 Å². The van der Waals surface area contributed by atoms with Gasteiger partial charge in [-0.2, -0.15) is 10.2 Å². The van der Waals surface area contributed by atoms with Crippen LogP contribution >= 0.6 is 15.9 Å². The van der Waals surface area contributed by atoms with E-state index in [1.54, 1.807) is 10.9 Å². The molecule has 0 amide bonds. The SMILES string of the molecule is Cc1nn(C)c(C)c1CC(O)c1c(Br)cnn1C. The van der Waals surface area contributed by atoms with Gasteiger partial charge in [0.25, 0.3) is 0 Å². The van der Waals surface area contributed by atoms with Crippen molar-refractivity contribution in [1.82, 2.24) is 19.6 Å². The second-order valence-corrected chi connectivity index (χ2v) is 5.35. The van der Waals surface area contributed by atoms with Crippen LogP contribution in [0.3, 0.4) is 0 Å². The summed E-state index contributed by atoms with van der Waals surface area (Å²) in [5.74, 6) is 0. The fourth-order valence-corrected chi connectivity index (χ4v) is 2.81. The van der Waals surface area contributed by atoms with Gasteiger partial charge in [0.05, 0.1) is 22.1 Å². The molecule has 1 atom stereocenters. The third-order valence-corrected chi connectivity index (χ3v) is 3.92. The second kappa shape index (κ2) is 4.85. The van der Waals surface area contributed by atoms with E-state index in [1.807, 2.05) is 32.6 Å². The van der Waals surface area contributed by atoms with Crippen molar-refractivity contribution in [3.63, 3.8) is 0 Å². The minimum atomic E-state index is -0.589. The fraction of sp³-hybridized carbons (Fsp3) is 0.500. The summed E-state index contributed by atoms with van der Waals surface area (Å²) in [5, 5.41) is 18.8. The molecule has 2 rings (SSSR count). The maximum absolute atomic E-state index is 10.4. The van der Waals surface area contributed by atoms with E-state index < -0.39 is 6.10 Å². The normalized spacial score (nSPS) is 13.0. The van der Waals surface area contributed by atoms with Crippen molar-refractivity contribution in [1.29, 1.82) is 0 Å². The van der Waals surface area contributed by atoms with E-state index >= 15 is 0 Å². The largest absolute Gasteiger partial charge is 0.386 e. The summed E-state index contributed by atoms with van der Waals surface area (Å²) in [7, 11) is 3.74. The van der Waals surface area contributed by atoms with Crippen LogP contribution in [0.5, 0.6) is 0 Å². The molecule has 0 fully saturated rings. The maximum Gasteiger partial charge on any atom is 0.101 e. The Labute approximate surface area is 115 Å². The fourth-order valence-electron chi connectivity index (χ4n) is 2.20. The zero-order valence-electron chi connectivity index (χ0n) is 11.0. The average molecular weight is 313 g/mol. The summed E-state index contributed by atoms with van der Waals surface area (Å²) in [6.45, 7) is 3.98. The van der Waals surface area contributed by atoms with Crippen molar-refractivity contribution < 1.29 is 5.11 Å². The summed E-state index contributed by atoms with van der Waals surface area (Å²) in [5.41, 5.74) is 3.94. The molecule has 0 bridgehead atoms. The number of aliphatic hydroxyl groups excluding tert-OH is 1. The highest BCUT2D eigenvalue weighted by atomic mass is 79.9. The van der Waals surface area contributed by atoms with E-state index in [-0.39, 0.29) is 0 Å². The molecule has 18 heavy (non-hydrogen) atoms. The zero-order valence-corrected chi connectivity index (χ0v) is 12.6. The third-order valence-electron chi connectivity index (χ3n) is 3.31. The molecule has 0 spiro atoms. The Morgan fingerprint density at radius 2 is 2.00 bits per heavy atom. The molecule has 6 heteroatoms. The molecular weight excluding hydrogens is 296 g/mol. The average Bonchev–Trinajstić information content (AvgIpc) is 2.74. The van der Waals surface area contributed by atoms with Crippen LogP contribution in [0.1, 0.15) is 28.7 Å². The van der Waals surface area contributed by atoms with Crippen molar-refractivity contribution >= 4 is 15.9 Å². The van der Waals surface area contributed by atoms with Crippen LogP contribution in [-0.2, 0) is 20.5 Å². The standard InChI is InChI=1S/C12H17BrN4O/c1-7-9(8(2)16(3)15-7)5-11(18)12-10(13)6-14-17(12)4/h6,11,18H,5H2,1-4H3. The molecule has 0 aliphatic carbocycles.